The van der Waals surface area contributed by atoms with E-state index >= 15 is 0 Å². The topological polar surface area (TPSA) is 50.7 Å². The third-order valence-electron chi connectivity index (χ3n) is 5.55. The van der Waals surface area contributed by atoms with Gasteiger partial charge in [-0.15, -0.1) is 15.9 Å². The normalized spacial score (nSPS) is 22.0. The van der Waals surface area contributed by atoms with E-state index < -0.39 is 0 Å². The molecule has 1 aromatic heterocycles. The number of fused-ring (bicyclic) bond motifs is 2. The van der Waals surface area contributed by atoms with Crippen molar-refractivity contribution in [3.05, 3.63) is 107 Å². The van der Waals surface area contributed by atoms with E-state index in [4.69, 9.17) is 10.8 Å². The zero-order valence-electron chi connectivity index (χ0n) is 15.5. The van der Waals surface area contributed by atoms with Crippen molar-refractivity contribution in [2.45, 2.75) is 0 Å². The molecule has 1 aliphatic carbocycles. The molecule has 29 heavy (non-hydrogen) atoms. The van der Waals surface area contributed by atoms with Crippen LogP contribution in [0.15, 0.2) is 111 Å². The standard InChI is InChI=1S/C24H17N4S/c25-28-13-12-26-14-21(28)23(17-4-3-5-17)27-24(28)18-10-8-16(9-11-18)20-15-29-22-7-2-1-6-19(20)22/h1-15H,25H2/q+1. The number of amidine groups is 1. The third-order valence-corrected chi connectivity index (χ3v) is 6.52. The molecule has 1 unspecified atom stereocenters. The van der Waals surface area contributed by atoms with Crippen LogP contribution in [0.25, 0.3) is 21.2 Å². The summed E-state index contributed by atoms with van der Waals surface area (Å²) in [6.07, 6.45) is 11.5. The van der Waals surface area contributed by atoms with Crippen molar-refractivity contribution < 1.29 is 4.59 Å². The van der Waals surface area contributed by atoms with Crippen molar-refractivity contribution >= 4 is 33.5 Å². The highest BCUT2D eigenvalue weighted by Gasteiger charge is 2.44. The lowest BCUT2D eigenvalue weighted by Gasteiger charge is -2.26. The first-order valence-corrected chi connectivity index (χ1v) is 10.3. The first-order valence-electron chi connectivity index (χ1n) is 9.42. The van der Waals surface area contributed by atoms with Gasteiger partial charge < -0.3 is 0 Å². The molecule has 138 valence electrons. The maximum atomic E-state index is 6.78. The molecule has 1 atom stereocenters. The number of allylic oxidation sites excluding steroid dienone is 4. The Kier molecular flexibility index (Phi) is 3.46. The van der Waals surface area contributed by atoms with Crippen LogP contribution in [0.2, 0.25) is 0 Å². The molecule has 0 spiro atoms. The number of benzene rings is 2. The molecule has 2 aromatic carbocycles. The Hall–Kier alpha value is -3.38. The van der Waals surface area contributed by atoms with Crippen LogP contribution in [0.3, 0.4) is 0 Å². The molecule has 5 heteroatoms. The number of quaternary nitrogens is 1. The van der Waals surface area contributed by atoms with Gasteiger partial charge in [0.1, 0.15) is 11.9 Å². The van der Waals surface area contributed by atoms with Gasteiger partial charge in [-0.3, -0.25) is 4.99 Å². The fourth-order valence-corrected chi connectivity index (χ4v) is 4.91. The molecule has 3 heterocycles. The Labute approximate surface area is 172 Å². The fraction of sp³-hybridized carbons (Fsp3) is 0. The molecule has 3 aromatic rings. The second-order valence-electron chi connectivity index (χ2n) is 7.23. The number of hydrogen-bond donors (Lipinski definition) is 1. The second-order valence-corrected chi connectivity index (χ2v) is 8.14. The molecule has 0 saturated heterocycles. The Bertz CT molecular complexity index is 1350. The Morgan fingerprint density at radius 1 is 0.966 bits per heavy atom. The number of nitrogens with two attached hydrogens (primary N) is 1. The van der Waals surface area contributed by atoms with Crippen molar-refractivity contribution in [3.63, 3.8) is 0 Å². The Balaban J connectivity index is 1.42. The first kappa shape index (κ1) is 16.6. The molecule has 3 aliphatic rings. The number of rotatable bonds is 3. The summed E-state index contributed by atoms with van der Waals surface area (Å²) >= 11 is 1.78. The summed E-state index contributed by atoms with van der Waals surface area (Å²) in [5.74, 6) is 7.58. The van der Waals surface area contributed by atoms with Crippen molar-refractivity contribution in [3.8, 4) is 11.1 Å². The molecular formula is C24H17N4S+. The highest BCUT2D eigenvalue weighted by molar-refractivity contribution is 7.17. The van der Waals surface area contributed by atoms with Crippen LogP contribution in [0.1, 0.15) is 5.56 Å². The summed E-state index contributed by atoms with van der Waals surface area (Å²) in [6.45, 7) is 0. The van der Waals surface area contributed by atoms with Gasteiger partial charge in [-0.25, -0.2) is 0 Å². The zero-order valence-corrected chi connectivity index (χ0v) is 16.3. The van der Waals surface area contributed by atoms with Crippen molar-refractivity contribution in [2.75, 3.05) is 0 Å². The Morgan fingerprint density at radius 2 is 1.76 bits per heavy atom. The smallest absolute Gasteiger partial charge is 0.253 e. The first-order chi connectivity index (χ1) is 14.2. The maximum Gasteiger partial charge on any atom is 0.265 e. The van der Waals surface area contributed by atoms with Gasteiger partial charge in [-0.05, 0) is 29.1 Å². The molecule has 4 nitrogen and oxygen atoms in total. The summed E-state index contributed by atoms with van der Waals surface area (Å²) in [5, 5.41) is 3.51. The van der Waals surface area contributed by atoms with Crippen LogP contribution in [0, 0.1) is 0 Å². The lowest BCUT2D eigenvalue weighted by molar-refractivity contribution is -0.750. The number of aliphatic imine (C=N–C) groups is 2. The lowest BCUT2D eigenvalue weighted by atomic mass is 10.0. The van der Waals surface area contributed by atoms with E-state index in [9.17, 15) is 0 Å². The highest BCUT2D eigenvalue weighted by atomic mass is 32.1. The van der Waals surface area contributed by atoms with Crippen molar-refractivity contribution in [2.24, 2.45) is 15.8 Å². The lowest BCUT2D eigenvalue weighted by Crippen LogP contribution is -2.53. The summed E-state index contributed by atoms with van der Waals surface area (Å²) in [7, 11) is 0. The number of nitrogens with zero attached hydrogens (tertiary/aromatic N) is 3. The Morgan fingerprint density at radius 3 is 2.55 bits per heavy atom. The van der Waals surface area contributed by atoms with Crippen LogP contribution in [0.4, 0.5) is 0 Å². The van der Waals surface area contributed by atoms with E-state index in [1.807, 2.05) is 18.5 Å². The van der Waals surface area contributed by atoms with Crippen LogP contribution < -0.4 is 5.84 Å². The van der Waals surface area contributed by atoms with Crippen molar-refractivity contribution in [1.29, 1.82) is 0 Å². The van der Waals surface area contributed by atoms with Crippen LogP contribution in [-0.4, -0.2) is 16.6 Å². The van der Waals surface area contributed by atoms with E-state index in [-0.39, 0.29) is 4.59 Å². The zero-order chi connectivity index (χ0) is 19.4. The van der Waals surface area contributed by atoms with Crippen LogP contribution in [0.5, 0.6) is 0 Å². The number of thiophene rings is 1. The molecule has 2 N–H and O–H groups in total. The number of hydrogen-bond acceptors (Lipinski definition) is 4. The predicted molar refractivity (Wildman–Crippen MR) is 120 cm³/mol. The van der Waals surface area contributed by atoms with E-state index in [1.54, 1.807) is 17.5 Å². The molecule has 0 amide bonds. The minimum absolute atomic E-state index is 0.0464. The van der Waals surface area contributed by atoms with Gasteiger partial charge in [-0.2, -0.15) is 10.8 Å². The van der Waals surface area contributed by atoms with Crippen molar-refractivity contribution in [1.82, 2.24) is 0 Å². The minimum atomic E-state index is 0.0464. The summed E-state index contributed by atoms with van der Waals surface area (Å²) < 4.78 is 1.35. The quantitative estimate of drug-likeness (QED) is 0.477. The van der Waals surface area contributed by atoms with E-state index in [1.165, 1.54) is 21.2 Å². The van der Waals surface area contributed by atoms with E-state index in [2.05, 4.69) is 71.1 Å². The maximum absolute atomic E-state index is 6.78. The monoisotopic (exact) mass is 393 g/mol. The van der Waals surface area contributed by atoms with Gasteiger partial charge in [-0.1, -0.05) is 48.6 Å². The fourth-order valence-electron chi connectivity index (χ4n) is 3.94. The molecule has 6 rings (SSSR count). The van der Waals surface area contributed by atoms with Gasteiger partial charge in [0.05, 0.1) is 18.0 Å². The van der Waals surface area contributed by atoms with Gasteiger partial charge in [0, 0.05) is 21.2 Å². The molecule has 0 fully saturated rings. The second kappa shape index (κ2) is 6.06. The summed E-state index contributed by atoms with van der Waals surface area (Å²) in [4.78, 5) is 9.20. The molecule has 0 radical (unpaired) electrons. The van der Waals surface area contributed by atoms with Gasteiger partial charge >= 0.3 is 0 Å². The average Bonchev–Trinajstić information content (AvgIpc) is 3.26. The molecular weight excluding hydrogens is 376 g/mol. The third kappa shape index (κ3) is 2.39. The largest absolute Gasteiger partial charge is 0.265 e. The highest BCUT2D eigenvalue weighted by Crippen LogP contribution is 2.37. The molecule has 0 bridgehead atoms. The van der Waals surface area contributed by atoms with E-state index in [0.29, 0.717) is 0 Å². The van der Waals surface area contributed by atoms with Gasteiger partial charge in [0.2, 0.25) is 5.70 Å². The van der Waals surface area contributed by atoms with E-state index in [0.717, 1.165) is 28.4 Å². The summed E-state index contributed by atoms with van der Waals surface area (Å²) in [6, 6.07) is 17.0. The molecule has 0 saturated carbocycles. The predicted octanol–water partition coefficient (Wildman–Crippen LogP) is 5.28. The van der Waals surface area contributed by atoms with Crippen LogP contribution in [-0.2, 0) is 0 Å². The van der Waals surface area contributed by atoms with Crippen LogP contribution >= 0.6 is 11.3 Å². The van der Waals surface area contributed by atoms with Gasteiger partial charge in [0.15, 0.2) is 0 Å². The molecule has 2 aliphatic heterocycles. The average molecular weight is 393 g/mol. The minimum Gasteiger partial charge on any atom is -0.253 e. The summed E-state index contributed by atoms with van der Waals surface area (Å²) in [5.41, 5.74) is 6.34. The SMILES string of the molecule is N[N+]12C=CN=CC1=C(C1=CC=C1)N=C2c1ccc(-c2csc3ccccc23)cc1. The van der Waals surface area contributed by atoms with Gasteiger partial charge in [0.25, 0.3) is 5.84 Å².